The van der Waals surface area contributed by atoms with E-state index >= 15 is 0 Å². The van der Waals surface area contributed by atoms with Crippen LogP contribution in [0.5, 0.6) is 11.5 Å². The van der Waals surface area contributed by atoms with E-state index in [0.29, 0.717) is 18.0 Å². The second kappa shape index (κ2) is 8.61. The zero-order chi connectivity index (χ0) is 21.1. The van der Waals surface area contributed by atoms with Crippen LogP contribution in [0.3, 0.4) is 0 Å². The summed E-state index contributed by atoms with van der Waals surface area (Å²) in [4.78, 5) is 15.7. The molecule has 3 aromatic rings. The highest BCUT2D eigenvalue weighted by Gasteiger charge is 2.36. The maximum atomic E-state index is 13.9. The van der Waals surface area contributed by atoms with Gasteiger partial charge in [0, 0.05) is 18.7 Å². The fourth-order valence-electron chi connectivity index (χ4n) is 4.17. The van der Waals surface area contributed by atoms with Gasteiger partial charge in [0.05, 0.1) is 31.2 Å². The van der Waals surface area contributed by atoms with Gasteiger partial charge in [0.1, 0.15) is 11.5 Å². The normalized spacial score (nSPS) is 12.9. The number of aromatic nitrogens is 2. The molecule has 0 radical (unpaired) electrons. The van der Waals surface area contributed by atoms with E-state index < -0.39 is 0 Å². The van der Waals surface area contributed by atoms with Crippen molar-refractivity contribution in [3.05, 3.63) is 65.5 Å². The molecule has 1 aliphatic rings. The van der Waals surface area contributed by atoms with Crippen molar-refractivity contribution in [1.29, 1.82) is 0 Å². The van der Waals surface area contributed by atoms with E-state index in [2.05, 4.69) is 5.10 Å². The minimum absolute atomic E-state index is 0.0304. The topological polar surface area (TPSA) is 58.4 Å². The molecular formula is C24H28N3O3+. The number of aryl methyl sites for hydroxylation is 1. The van der Waals surface area contributed by atoms with Crippen molar-refractivity contribution in [2.75, 3.05) is 25.7 Å². The van der Waals surface area contributed by atoms with Gasteiger partial charge in [0.25, 0.3) is 0 Å². The number of hydrogen-bond donors (Lipinski definition) is 1. The van der Waals surface area contributed by atoms with E-state index in [9.17, 15) is 4.79 Å². The average molecular weight is 407 g/mol. The highest BCUT2D eigenvalue weighted by atomic mass is 16.5. The van der Waals surface area contributed by atoms with Gasteiger partial charge in [0.15, 0.2) is 0 Å². The lowest BCUT2D eigenvalue weighted by Crippen LogP contribution is -2.44. The van der Waals surface area contributed by atoms with E-state index in [1.54, 1.807) is 19.1 Å². The van der Waals surface area contributed by atoms with Crippen molar-refractivity contribution in [2.24, 2.45) is 0 Å². The first kappa shape index (κ1) is 20.0. The van der Waals surface area contributed by atoms with Crippen LogP contribution >= 0.6 is 0 Å². The molecule has 1 heterocycles. The molecule has 156 valence electrons. The zero-order valence-corrected chi connectivity index (χ0v) is 17.8. The van der Waals surface area contributed by atoms with E-state index in [1.165, 1.54) is 0 Å². The summed E-state index contributed by atoms with van der Waals surface area (Å²) in [7, 11) is 3.28. The monoisotopic (exact) mass is 406 g/mol. The molecular weight excluding hydrogens is 378 g/mol. The third-order valence-corrected chi connectivity index (χ3v) is 5.69. The fourth-order valence-corrected chi connectivity index (χ4v) is 4.17. The van der Waals surface area contributed by atoms with Crippen molar-refractivity contribution in [2.45, 2.75) is 32.6 Å². The first-order chi connectivity index (χ1) is 14.7. The van der Waals surface area contributed by atoms with Gasteiger partial charge in [-0.25, -0.2) is 0 Å². The summed E-state index contributed by atoms with van der Waals surface area (Å²) in [5, 5.41) is 3.49. The van der Waals surface area contributed by atoms with Crippen molar-refractivity contribution in [3.63, 3.8) is 0 Å². The van der Waals surface area contributed by atoms with Crippen LogP contribution in [0.4, 0.5) is 5.69 Å². The Kier molecular flexibility index (Phi) is 5.74. The Bertz CT molecular complexity index is 1040. The first-order valence-corrected chi connectivity index (χ1v) is 10.4. The highest BCUT2D eigenvalue weighted by Crippen LogP contribution is 2.30. The number of nitrogens with one attached hydrogen (secondary N) is 1. The summed E-state index contributed by atoms with van der Waals surface area (Å²) in [6, 6.07) is 15.4. The smallest absolute Gasteiger partial charge is 0.326 e. The fraction of sp³-hybridized carbons (Fsp3) is 0.333. The van der Waals surface area contributed by atoms with Crippen LogP contribution in [-0.2, 0) is 12.8 Å². The van der Waals surface area contributed by atoms with Crippen molar-refractivity contribution in [1.82, 2.24) is 5.10 Å². The molecule has 6 nitrogen and oxygen atoms in total. The maximum absolute atomic E-state index is 13.9. The van der Waals surface area contributed by atoms with Crippen LogP contribution in [0.1, 0.15) is 41.5 Å². The number of H-pyrrole nitrogens is 1. The molecule has 30 heavy (non-hydrogen) atoms. The third kappa shape index (κ3) is 3.54. The molecule has 1 N–H and O–H groups in total. The number of nitrogens with zero attached hydrogens (tertiary/aromatic N) is 2. The number of amides is 1. The van der Waals surface area contributed by atoms with Gasteiger partial charge in [-0.1, -0.05) is 16.8 Å². The Hall–Kier alpha value is -3.28. The van der Waals surface area contributed by atoms with Gasteiger partial charge in [-0.15, -0.1) is 0 Å². The quantitative estimate of drug-likeness (QED) is 0.633. The number of ether oxygens (including phenoxy) is 2. The number of para-hydroxylation sites is 2. The van der Waals surface area contributed by atoms with Gasteiger partial charge >= 0.3 is 11.6 Å². The summed E-state index contributed by atoms with van der Waals surface area (Å²) in [5.41, 5.74) is 4.65. The summed E-state index contributed by atoms with van der Waals surface area (Å²) < 4.78 is 12.7. The Morgan fingerprint density at radius 3 is 2.47 bits per heavy atom. The predicted octanol–water partition coefficient (Wildman–Crippen LogP) is 3.85. The zero-order valence-electron chi connectivity index (χ0n) is 17.8. The number of carbonyl (C=O) groups excluding carboxylic acids is 1. The average Bonchev–Trinajstić information content (AvgIpc) is 3.19. The molecule has 0 saturated heterocycles. The molecule has 0 aliphatic heterocycles. The van der Waals surface area contributed by atoms with E-state index in [-0.39, 0.29) is 5.91 Å². The van der Waals surface area contributed by atoms with E-state index in [4.69, 9.17) is 9.47 Å². The molecule has 1 aromatic heterocycles. The number of rotatable bonds is 6. The van der Waals surface area contributed by atoms with Crippen molar-refractivity contribution < 1.29 is 19.0 Å². The number of fused-ring (bicyclic) bond motifs is 1. The van der Waals surface area contributed by atoms with Crippen LogP contribution in [0, 0.1) is 0 Å². The van der Waals surface area contributed by atoms with Crippen LogP contribution in [-0.4, -0.2) is 31.8 Å². The molecule has 0 atom stereocenters. The summed E-state index contributed by atoms with van der Waals surface area (Å²) >= 11 is 0. The molecule has 1 amide bonds. The molecule has 0 bridgehead atoms. The molecule has 0 fully saturated rings. The Morgan fingerprint density at radius 1 is 1.03 bits per heavy atom. The maximum Gasteiger partial charge on any atom is 0.326 e. The Morgan fingerprint density at radius 2 is 1.77 bits per heavy atom. The minimum Gasteiger partial charge on any atom is -0.497 e. The second-order valence-electron chi connectivity index (χ2n) is 7.38. The number of anilines is 1. The number of methoxy groups -OCH3 is 2. The first-order valence-electron chi connectivity index (χ1n) is 10.4. The number of benzene rings is 2. The van der Waals surface area contributed by atoms with Gasteiger partial charge in [-0.2, -0.15) is 5.10 Å². The lowest BCUT2D eigenvalue weighted by molar-refractivity contribution is -0.657. The van der Waals surface area contributed by atoms with Gasteiger partial charge < -0.3 is 9.47 Å². The van der Waals surface area contributed by atoms with Gasteiger partial charge in [-0.3, -0.25) is 9.69 Å². The molecule has 6 heteroatoms. The lowest BCUT2D eigenvalue weighted by atomic mass is 9.95. The third-order valence-electron chi connectivity index (χ3n) is 5.69. The largest absolute Gasteiger partial charge is 0.497 e. The van der Waals surface area contributed by atoms with Crippen molar-refractivity contribution in [3.8, 4) is 17.2 Å². The Balaban J connectivity index is 1.83. The standard InChI is InChI=1S/C24H27N3O3/c1-4-26(21-11-7-8-12-22(21)30-3)24(28)23-19-9-5-6-10-20(19)25-27(23)17-13-15-18(29-2)16-14-17/h7-8,11-16H,4-6,9-10H2,1-3H3/p+1. The minimum atomic E-state index is -0.0304. The molecule has 0 unspecified atom stereocenters. The van der Waals surface area contributed by atoms with E-state index in [0.717, 1.165) is 54.1 Å². The number of hydrogen-bond acceptors (Lipinski definition) is 3. The SMILES string of the molecule is CCN(C(=O)c1c2c([nH][n+]1-c1ccc(OC)cc1)CCCC2)c1ccccc1OC. The second-order valence-corrected chi connectivity index (χ2v) is 7.38. The van der Waals surface area contributed by atoms with Crippen LogP contribution in [0.15, 0.2) is 48.5 Å². The number of carbonyl (C=O) groups is 1. The van der Waals surface area contributed by atoms with Crippen LogP contribution in [0.25, 0.3) is 5.69 Å². The van der Waals surface area contributed by atoms with Gasteiger partial charge in [-0.05, 0) is 56.9 Å². The predicted molar refractivity (Wildman–Crippen MR) is 116 cm³/mol. The summed E-state index contributed by atoms with van der Waals surface area (Å²) in [6.45, 7) is 2.53. The molecule has 0 saturated carbocycles. The highest BCUT2D eigenvalue weighted by molar-refractivity contribution is 6.05. The van der Waals surface area contributed by atoms with Crippen LogP contribution < -0.4 is 19.1 Å². The van der Waals surface area contributed by atoms with Crippen LogP contribution in [0.2, 0.25) is 0 Å². The molecule has 0 spiro atoms. The number of aromatic amines is 1. The lowest BCUT2D eigenvalue weighted by Gasteiger charge is -2.22. The van der Waals surface area contributed by atoms with Crippen molar-refractivity contribution >= 4 is 11.6 Å². The molecule has 2 aromatic carbocycles. The summed E-state index contributed by atoms with van der Waals surface area (Å²) in [6.07, 6.45) is 4.08. The summed E-state index contributed by atoms with van der Waals surface area (Å²) in [5.74, 6) is 1.44. The molecule has 4 rings (SSSR count). The van der Waals surface area contributed by atoms with Gasteiger partial charge in [0.2, 0.25) is 5.69 Å². The Labute approximate surface area is 177 Å². The molecule has 1 aliphatic carbocycles. The van der Waals surface area contributed by atoms with E-state index in [1.807, 2.05) is 60.1 Å².